The molecule has 0 aliphatic carbocycles. The van der Waals surface area contributed by atoms with Crippen LogP contribution in [0.15, 0.2) is 46.5 Å². The monoisotopic (exact) mass is 433 g/mol. The van der Waals surface area contributed by atoms with Crippen molar-refractivity contribution < 1.29 is 18.2 Å². The van der Waals surface area contributed by atoms with E-state index in [0.717, 1.165) is 0 Å². The van der Waals surface area contributed by atoms with Crippen molar-refractivity contribution in [1.82, 2.24) is 14.8 Å². The standard InChI is InChI=1S/C20H24FN5O3S/c1-13-24-20(2,12-30(27)26(13)3)16-10-14(6-8-17(16)21)23-19(25-29-5)18-9-7-15(28-4)11-22-18/h6-11H,12H2,1-5H3,(H,23,25). The van der Waals surface area contributed by atoms with Crippen molar-refractivity contribution in [2.45, 2.75) is 19.4 Å². The molecule has 1 aromatic carbocycles. The van der Waals surface area contributed by atoms with Gasteiger partial charge in [0.25, 0.3) is 0 Å². The summed E-state index contributed by atoms with van der Waals surface area (Å²) in [5, 5.41) is 0. The van der Waals surface area contributed by atoms with Gasteiger partial charge in [-0.15, -0.1) is 0 Å². The van der Waals surface area contributed by atoms with Crippen molar-refractivity contribution in [1.29, 1.82) is 0 Å². The molecule has 0 bridgehead atoms. The third-order valence-corrected chi connectivity index (χ3v) is 6.44. The van der Waals surface area contributed by atoms with Crippen LogP contribution in [0.3, 0.4) is 0 Å². The Hall–Kier alpha value is -2.85. The summed E-state index contributed by atoms with van der Waals surface area (Å²) in [5.41, 5.74) is 3.05. The lowest BCUT2D eigenvalue weighted by atomic mass is 9.93. The van der Waals surface area contributed by atoms with Gasteiger partial charge in [0, 0.05) is 12.6 Å². The van der Waals surface area contributed by atoms with Gasteiger partial charge in [0.1, 0.15) is 39.6 Å². The molecule has 0 saturated heterocycles. The number of hydrogen-bond donors (Lipinski definition) is 1. The lowest BCUT2D eigenvalue weighted by molar-refractivity contribution is 0.145. The van der Waals surface area contributed by atoms with Gasteiger partial charge in [-0.05, 0) is 44.2 Å². The van der Waals surface area contributed by atoms with E-state index >= 15 is 0 Å². The highest BCUT2D eigenvalue weighted by Crippen LogP contribution is 2.34. The Morgan fingerprint density at radius 2 is 2.10 bits per heavy atom. The third kappa shape index (κ3) is 4.49. The molecule has 2 atom stereocenters. The van der Waals surface area contributed by atoms with E-state index in [-0.39, 0.29) is 5.75 Å². The molecule has 0 radical (unpaired) electrons. The zero-order valence-corrected chi connectivity index (χ0v) is 18.3. The molecule has 0 spiro atoms. The highest BCUT2D eigenvalue weighted by Gasteiger charge is 2.37. The maximum absolute atomic E-state index is 14.7. The number of pyridine rings is 1. The van der Waals surface area contributed by atoms with Crippen LogP contribution in [-0.2, 0) is 21.4 Å². The molecular weight excluding hydrogens is 409 g/mol. The predicted octanol–water partition coefficient (Wildman–Crippen LogP) is 2.70. The van der Waals surface area contributed by atoms with Crippen molar-refractivity contribution in [3.63, 3.8) is 0 Å². The van der Waals surface area contributed by atoms with Crippen LogP contribution in [0.5, 0.6) is 5.75 Å². The van der Waals surface area contributed by atoms with Gasteiger partial charge in [-0.3, -0.25) is 14.1 Å². The molecule has 2 heterocycles. The summed E-state index contributed by atoms with van der Waals surface area (Å²) in [6.45, 7) is 3.53. The van der Waals surface area contributed by atoms with Crippen LogP contribution in [0.4, 0.5) is 10.1 Å². The third-order valence-electron chi connectivity index (χ3n) is 4.76. The molecule has 30 heavy (non-hydrogen) atoms. The van der Waals surface area contributed by atoms with Crippen LogP contribution in [0, 0.1) is 5.82 Å². The lowest BCUT2D eigenvalue weighted by Gasteiger charge is -2.34. The second-order valence-corrected chi connectivity index (χ2v) is 8.39. The number of benzene rings is 1. The zero-order valence-electron chi connectivity index (χ0n) is 17.5. The molecule has 0 saturated carbocycles. The minimum absolute atomic E-state index is 0.175. The van der Waals surface area contributed by atoms with Crippen LogP contribution in [0.2, 0.25) is 0 Å². The average Bonchev–Trinajstić information content (AvgIpc) is 2.73. The Balaban J connectivity index is 2.03. The smallest absolute Gasteiger partial charge is 0.176 e. The molecule has 1 aliphatic rings. The van der Waals surface area contributed by atoms with Crippen LogP contribution in [-0.4, -0.2) is 52.2 Å². The molecule has 1 N–H and O–H groups in total. The summed E-state index contributed by atoms with van der Waals surface area (Å²) in [4.78, 5) is 18.5. The van der Waals surface area contributed by atoms with E-state index in [9.17, 15) is 8.60 Å². The summed E-state index contributed by atoms with van der Waals surface area (Å²) in [6.07, 6.45) is 1.56. The number of rotatable bonds is 5. The quantitative estimate of drug-likeness (QED) is 0.445. The van der Waals surface area contributed by atoms with Crippen LogP contribution >= 0.6 is 0 Å². The van der Waals surface area contributed by atoms with E-state index in [0.29, 0.717) is 34.4 Å². The van der Waals surface area contributed by atoms with Crippen molar-refractivity contribution in [3.8, 4) is 5.75 Å². The van der Waals surface area contributed by atoms with Crippen LogP contribution < -0.4 is 10.2 Å². The average molecular weight is 434 g/mol. The number of hydroxylamine groups is 1. The first-order valence-corrected chi connectivity index (χ1v) is 10.4. The minimum Gasteiger partial charge on any atom is -0.495 e. The molecule has 0 fully saturated rings. The summed E-state index contributed by atoms with van der Waals surface area (Å²) in [5.74, 6) is 1.28. The van der Waals surface area contributed by atoms with Crippen LogP contribution in [0.1, 0.15) is 25.1 Å². The van der Waals surface area contributed by atoms with Crippen LogP contribution in [0.25, 0.3) is 0 Å². The maximum Gasteiger partial charge on any atom is 0.176 e. The van der Waals surface area contributed by atoms with Crippen molar-refractivity contribution in [2.75, 3.05) is 27.0 Å². The molecule has 1 aliphatic heterocycles. The van der Waals surface area contributed by atoms with Gasteiger partial charge in [-0.25, -0.2) is 24.1 Å². The summed E-state index contributed by atoms with van der Waals surface area (Å²) in [6, 6.07) is 7.96. The van der Waals surface area contributed by atoms with Gasteiger partial charge in [0.15, 0.2) is 5.84 Å². The number of halogens is 1. The molecular formula is C20H24FN5O3S. The predicted molar refractivity (Wildman–Crippen MR) is 115 cm³/mol. The number of nitrogens with zero attached hydrogens (tertiary/aromatic N) is 4. The highest BCUT2D eigenvalue weighted by molar-refractivity contribution is 7.83. The summed E-state index contributed by atoms with van der Waals surface area (Å²) >= 11 is 0. The first kappa shape index (κ1) is 21.8. The first-order valence-electron chi connectivity index (χ1n) is 9.14. The largest absolute Gasteiger partial charge is 0.495 e. The van der Waals surface area contributed by atoms with Gasteiger partial charge < -0.3 is 4.74 Å². The zero-order chi connectivity index (χ0) is 21.9. The Morgan fingerprint density at radius 3 is 2.70 bits per heavy atom. The number of aromatic nitrogens is 1. The summed E-state index contributed by atoms with van der Waals surface area (Å²) < 4.78 is 33.9. The Bertz CT molecular complexity index is 1010. The fourth-order valence-corrected chi connectivity index (χ4v) is 4.31. The van der Waals surface area contributed by atoms with Gasteiger partial charge in [-0.2, -0.15) is 0 Å². The molecule has 1 aromatic heterocycles. The molecule has 0 amide bonds. The van der Waals surface area contributed by atoms with E-state index in [4.69, 9.17) is 9.57 Å². The number of ether oxygens (including phenoxy) is 1. The Kier molecular flexibility index (Phi) is 6.47. The minimum atomic E-state index is -1.30. The second kappa shape index (κ2) is 8.88. The van der Waals surface area contributed by atoms with Gasteiger partial charge in [-0.1, -0.05) is 0 Å². The number of nitrogens with one attached hydrogen (secondary N) is 1. The van der Waals surface area contributed by atoms with E-state index in [1.807, 2.05) is 0 Å². The van der Waals surface area contributed by atoms with E-state index in [1.54, 1.807) is 62.8 Å². The van der Waals surface area contributed by atoms with Gasteiger partial charge in [0.05, 0.1) is 31.9 Å². The van der Waals surface area contributed by atoms with Gasteiger partial charge in [0.2, 0.25) is 0 Å². The fraction of sp³-hybridized carbons (Fsp3) is 0.350. The number of amidine groups is 2. The van der Waals surface area contributed by atoms with Crippen molar-refractivity contribution >= 4 is 28.3 Å². The first-order chi connectivity index (χ1) is 14.3. The van der Waals surface area contributed by atoms with Crippen molar-refractivity contribution in [2.24, 2.45) is 9.98 Å². The summed E-state index contributed by atoms with van der Waals surface area (Å²) in [7, 11) is 3.42. The Labute approximate surface area is 177 Å². The van der Waals surface area contributed by atoms with E-state index in [2.05, 4.69) is 20.4 Å². The molecule has 10 heteroatoms. The number of aliphatic imine (C=N–C) groups is 2. The molecule has 160 valence electrons. The van der Waals surface area contributed by atoms with Crippen molar-refractivity contribution in [3.05, 3.63) is 53.6 Å². The highest BCUT2D eigenvalue weighted by atomic mass is 32.2. The topological polar surface area (TPSA) is 88.4 Å². The van der Waals surface area contributed by atoms with E-state index in [1.165, 1.54) is 13.2 Å². The normalized spacial score (nSPS) is 21.9. The second-order valence-electron chi connectivity index (χ2n) is 6.91. The number of methoxy groups -OCH3 is 1. The fourth-order valence-electron chi connectivity index (χ4n) is 3.08. The van der Waals surface area contributed by atoms with Gasteiger partial charge >= 0.3 is 0 Å². The maximum atomic E-state index is 14.7. The molecule has 2 unspecified atom stereocenters. The van der Waals surface area contributed by atoms with E-state index < -0.39 is 22.3 Å². The molecule has 3 rings (SSSR count). The number of hydrogen-bond acceptors (Lipinski definition) is 6. The molecule has 2 aromatic rings. The SMILES string of the molecule is CONC(=Nc1ccc(F)c(C2(C)CS(=O)N(C)C(C)=N2)c1)c1ccc(OC)cn1. The molecule has 8 nitrogen and oxygen atoms in total. The lowest BCUT2D eigenvalue weighted by Crippen LogP contribution is -2.43. The Morgan fingerprint density at radius 1 is 1.33 bits per heavy atom.